The molecule has 20 heavy (non-hydrogen) atoms. The van der Waals surface area contributed by atoms with E-state index in [9.17, 15) is 4.79 Å². The van der Waals surface area contributed by atoms with Crippen LogP contribution in [0.1, 0.15) is 58.8 Å². The standard InChI is InChI=1S/C15H28N4O/c1-6-18(7-2)15(20)12(5)19-10-17-9-14(19)13(16)8-11(3)4/h9-13H,6-8,16H2,1-5H3. The fourth-order valence-corrected chi connectivity index (χ4v) is 2.47. The predicted octanol–water partition coefficient (Wildman–Crippen LogP) is 2.36. The molecule has 0 radical (unpaired) electrons. The number of nitrogens with two attached hydrogens (primary N) is 1. The number of imidazole rings is 1. The van der Waals surface area contributed by atoms with Crippen LogP contribution in [0, 0.1) is 5.92 Å². The minimum Gasteiger partial charge on any atom is -0.341 e. The molecule has 0 aromatic carbocycles. The molecule has 2 N–H and O–H groups in total. The molecule has 0 aliphatic heterocycles. The minimum absolute atomic E-state index is 0.0792. The Balaban J connectivity index is 2.92. The number of carbonyl (C=O) groups excluding carboxylic acids is 1. The molecule has 0 spiro atoms. The zero-order valence-electron chi connectivity index (χ0n) is 13.3. The highest BCUT2D eigenvalue weighted by Crippen LogP contribution is 2.22. The smallest absolute Gasteiger partial charge is 0.245 e. The Morgan fingerprint density at radius 3 is 2.45 bits per heavy atom. The third-order valence-corrected chi connectivity index (χ3v) is 3.65. The fourth-order valence-electron chi connectivity index (χ4n) is 2.47. The lowest BCUT2D eigenvalue weighted by Gasteiger charge is -2.26. The fraction of sp³-hybridized carbons (Fsp3) is 0.733. The molecule has 0 fully saturated rings. The monoisotopic (exact) mass is 280 g/mol. The van der Waals surface area contributed by atoms with E-state index < -0.39 is 0 Å². The summed E-state index contributed by atoms with van der Waals surface area (Å²) in [7, 11) is 0. The molecule has 1 aromatic rings. The zero-order valence-corrected chi connectivity index (χ0v) is 13.3. The van der Waals surface area contributed by atoms with E-state index in [1.807, 2.05) is 30.2 Å². The number of rotatable bonds is 7. The van der Waals surface area contributed by atoms with E-state index in [0.717, 1.165) is 25.2 Å². The molecule has 5 nitrogen and oxygen atoms in total. The highest BCUT2D eigenvalue weighted by atomic mass is 16.2. The largest absolute Gasteiger partial charge is 0.341 e. The van der Waals surface area contributed by atoms with Gasteiger partial charge in [-0.2, -0.15) is 0 Å². The highest BCUT2D eigenvalue weighted by molar-refractivity contribution is 5.80. The first kappa shape index (κ1) is 16.7. The van der Waals surface area contributed by atoms with Crippen molar-refractivity contribution in [3.8, 4) is 0 Å². The molecule has 0 aliphatic carbocycles. The first-order valence-corrected chi connectivity index (χ1v) is 7.48. The summed E-state index contributed by atoms with van der Waals surface area (Å²) in [5, 5.41) is 0. The predicted molar refractivity (Wildman–Crippen MR) is 81.2 cm³/mol. The Morgan fingerprint density at radius 2 is 1.95 bits per heavy atom. The molecule has 1 rings (SSSR count). The van der Waals surface area contributed by atoms with Crippen molar-refractivity contribution in [3.05, 3.63) is 18.2 Å². The van der Waals surface area contributed by atoms with Crippen LogP contribution in [0.3, 0.4) is 0 Å². The van der Waals surface area contributed by atoms with Crippen LogP contribution in [0.15, 0.2) is 12.5 Å². The molecule has 0 saturated heterocycles. The van der Waals surface area contributed by atoms with E-state index in [4.69, 9.17) is 5.73 Å². The van der Waals surface area contributed by atoms with E-state index in [-0.39, 0.29) is 18.0 Å². The topological polar surface area (TPSA) is 64.2 Å². The number of hydrogen-bond donors (Lipinski definition) is 1. The van der Waals surface area contributed by atoms with Crippen LogP contribution in [0.5, 0.6) is 0 Å². The van der Waals surface area contributed by atoms with Gasteiger partial charge < -0.3 is 15.2 Å². The van der Waals surface area contributed by atoms with Crippen molar-refractivity contribution in [2.75, 3.05) is 13.1 Å². The van der Waals surface area contributed by atoms with Crippen molar-refractivity contribution in [1.82, 2.24) is 14.5 Å². The lowest BCUT2D eigenvalue weighted by molar-refractivity contribution is -0.133. The van der Waals surface area contributed by atoms with Crippen LogP contribution in [0.25, 0.3) is 0 Å². The maximum absolute atomic E-state index is 12.4. The van der Waals surface area contributed by atoms with Gasteiger partial charge in [0.15, 0.2) is 0 Å². The summed E-state index contributed by atoms with van der Waals surface area (Å²) in [5.74, 6) is 0.633. The number of aromatic nitrogens is 2. The van der Waals surface area contributed by atoms with Gasteiger partial charge in [-0.1, -0.05) is 13.8 Å². The van der Waals surface area contributed by atoms with Gasteiger partial charge in [-0.3, -0.25) is 4.79 Å². The zero-order chi connectivity index (χ0) is 15.3. The van der Waals surface area contributed by atoms with Crippen LogP contribution >= 0.6 is 0 Å². The van der Waals surface area contributed by atoms with Gasteiger partial charge in [0.2, 0.25) is 5.91 Å². The van der Waals surface area contributed by atoms with Gasteiger partial charge in [0, 0.05) is 25.3 Å². The summed E-state index contributed by atoms with van der Waals surface area (Å²) < 4.78 is 1.91. The Kier molecular flexibility index (Phi) is 6.20. The third kappa shape index (κ3) is 3.82. The summed E-state index contributed by atoms with van der Waals surface area (Å²) >= 11 is 0. The van der Waals surface area contributed by atoms with Crippen LogP contribution < -0.4 is 5.73 Å². The average Bonchev–Trinajstić information content (AvgIpc) is 2.87. The van der Waals surface area contributed by atoms with Crippen molar-refractivity contribution in [3.63, 3.8) is 0 Å². The van der Waals surface area contributed by atoms with Crippen LogP contribution in [-0.2, 0) is 4.79 Å². The minimum atomic E-state index is -0.259. The number of amides is 1. The SMILES string of the molecule is CCN(CC)C(=O)C(C)n1cncc1C(N)CC(C)C. The molecule has 1 heterocycles. The molecule has 114 valence electrons. The molecule has 2 unspecified atom stereocenters. The summed E-state index contributed by atoms with van der Waals surface area (Å²) in [4.78, 5) is 18.5. The lowest BCUT2D eigenvalue weighted by Crippen LogP contribution is -2.36. The van der Waals surface area contributed by atoms with E-state index in [1.165, 1.54) is 0 Å². The molecule has 1 aromatic heterocycles. The Hall–Kier alpha value is -1.36. The Labute approximate surface area is 122 Å². The third-order valence-electron chi connectivity index (χ3n) is 3.65. The van der Waals surface area contributed by atoms with Gasteiger partial charge in [0.05, 0.1) is 12.0 Å². The van der Waals surface area contributed by atoms with Gasteiger partial charge in [-0.25, -0.2) is 4.98 Å². The van der Waals surface area contributed by atoms with Gasteiger partial charge in [-0.05, 0) is 33.1 Å². The first-order valence-electron chi connectivity index (χ1n) is 7.48. The van der Waals surface area contributed by atoms with Crippen LogP contribution in [0.2, 0.25) is 0 Å². The maximum Gasteiger partial charge on any atom is 0.245 e. The van der Waals surface area contributed by atoms with Gasteiger partial charge in [0.1, 0.15) is 6.04 Å². The molecule has 0 bridgehead atoms. The van der Waals surface area contributed by atoms with E-state index >= 15 is 0 Å². The summed E-state index contributed by atoms with van der Waals surface area (Å²) in [6.45, 7) is 11.6. The van der Waals surface area contributed by atoms with Crippen LogP contribution in [-0.4, -0.2) is 33.4 Å². The molecule has 0 saturated carbocycles. The highest BCUT2D eigenvalue weighted by Gasteiger charge is 2.23. The summed E-state index contributed by atoms with van der Waals surface area (Å²) in [6.07, 6.45) is 4.37. The number of carbonyl (C=O) groups is 1. The number of hydrogen-bond acceptors (Lipinski definition) is 3. The van der Waals surface area contributed by atoms with Crippen molar-refractivity contribution < 1.29 is 4.79 Å². The van der Waals surface area contributed by atoms with Gasteiger partial charge >= 0.3 is 0 Å². The summed E-state index contributed by atoms with van der Waals surface area (Å²) in [5.41, 5.74) is 7.17. The molecule has 0 aliphatic rings. The molecule has 1 amide bonds. The van der Waals surface area contributed by atoms with Crippen molar-refractivity contribution in [2.24, 2.45) is 11.7 Å². The lowest BCUT2D eigenvalue weighted by atomic mass is 10.0. The molecular weight excluding hydrogens is 252 g/mol. The number of nitrogens with zero attached hydrogens (tertiary/aromatic N) is 3. The molecular formula is C15H28N4O. The normalized spacial score (nSPS) is 14.3. The quantitative estimate of drug-likeness (QED) is 0.834. The Morgan fingerprint density at radius 1 is 1.35 bits per heavy atom. The van der Waals surface area contributed by atoms with Crippen molar-refractivity contribution in [1.29, 1.82) is 0 Å². The van der Waals surface area contributed by atoms with Gasteiger partial charge in [0.25, 0.3) is 0 Å². The van der Waals surface area contributed by atoms with Crippen molar-refractivity contribution in [2.45, 2.75) is 53.1 Å². The van der Waals surface area contributed by atoms with E-state index in [1.54, 1.807) is 12.5 Å². The maximum atomic E-state index is 12.4. The van der Waals surface area contributed by atoms with E-state index in [2.05, 4.69) is 18.8 Å². The Bertz CT molecular complexity index is 423. The summed E-state index contributed by atoms with van der Waals surface area (Å²) in [6, 6.07) is -0.338. The second kappa shape index (κ2) is 7.43. The average molecular weight is 280 g/mol. The molecule has 2 atom stereocenters. The molecule has 5 heteroatoms. The van der Waals surface area contributed by atoms with E-state index in [0.29, 0.717) is 5.92 Å². The van der Waals surface area contributed by atoms with Gasteiger partial charge in [-0.15, -0.1) is 0 Å². The first-order chi connectivity index (χ1) is 9.42. The second-order valence-corrected chi connectivity index (χ2v) is 5.65. The van der Waals surface area contributed by atoms with Crippen LogP contribution in [0.4, 0.5) is 0 Å². The number of likely N-dealkylation sites (N-methyl/N-ethyl adjacent to an activating group) is 1. The second-order valence-electron chi connectivity index (χ2n) is 5.65. The van der Waals surface area contributed by atoms with Crippen molar-refractivity contribution >= 4 is 5.91 Å².